The standard InChI is InChI=1S/C21H20FN3O3/c22-16-6-8-17(9-7-16)28-14-15-4-3-10-24(13-15)20(26)18-12-23-19-5-1-2-11-25(19)21(18)27/h1-2,5-9,11-12,15H,3-4,10,13-14H2/t15-/m1/s1. The number of pyridine rings is 1. The Bertz CT molecular complexity index is 1050. The molecular formula is C21H20FN3O3. The highest BCUT2D eigenvalue weighted by Gasteiger charge is 2.27. The third-order valence-electron chi connectivity index (χ3n) is 4.95. The fourth-order valence-corrected chi connectivity index (χ4v) is 3.47. The number of carbonyl (C=O) groups excluding carboxylic acids is 1. The van der Waals surface area contributed by atoms with Crippen LogP contribution in [0.4, 0.5) is 4.39 Å². The summed E-state index contributed by atoms with van der Waals surface area (Å²) in [7, 11) is 0. The molecule has 6 nitrogen and oxygen atoms in total. The molecule has 2 aromatic heterocycles. The summed E-state index contributed by atoms with van der Waals surface area (Å²) in [5, 5.41) is 0. The lowest BCUT2D eigenvalue weighted by Crippen LogP contribution is -2.43. The number of nitrogens with zero attached hydrogens (tertiary/aromatic N) is 3. The van der Waals surface area contributed by atoms with Crippen molar-refractivity contribution in [2.24, 2.45) is 5.92 Å². The van der Waals surface area contributed by atoms with Gasteiger partial charge in [0.15, 0.2) is 0 Å². The number of piperidine rings is 1. The van der Waals surface area contributed by atoms with E-state index in [1.807, 2.05) is 0 Å². The lowest BCUT2D eigenvalue weighted by molar-refractivity contribution is 0.0631. The Morgan fingerprint density at radius 3 is 2.86 bits per heavy atom. The number of carbonyl (C=O) groups is 1. The van der Waals surface area contributed by atoms with E-state index < -0.39 is 0 Å². The molecule has 0 N–H and O–H groups in total. The maximum Gasteiger partial charge on any atom is 0.270 e. The van der Waals surface area contributed by atoms with Crippen LogP contribution < -0.4 is 10.3 Å². The first-order valence-corrected chi connectivity index (χ1v) is 9.26. The Hall–Kier alpha value is -3.22. The second kappa shape index (κ2) is 7.80. The van der Waals surface area contributed by atoms with E-state index in [-0.39, 0.29) is 28.8 Å². The molecule has 1 aromatic carbocycles. The SMILES string of the molecule is O=C(c1cnc2ccccn2c1=O)N1CCC[C@@H](COc2ccc(F)cc2)C1. The van der Waals surface area contributed by atoms with Crippen molar-refractivity contribution in [3.05, 3.63) is 76.6 Å². The predicted molar refractivity (Wildman–Crippen MR) is 102 cm³/mol. The number of ether oxygens (including phenoxy) is 1. The summed E-state index contributed by atoms with van der Waals surface area (Å²) in [4.78, 5) is 31.5. The zero-order chi connectivity index (χ0) is 19.5. The molecule has 7 heteroatoms. The van der Waals surface area contributed by atoms with Gasteiger partial charge in [-0.05, 0) is 49.2 Å². The first-order chi connectivity index (χ1) is 13.6. The minimum Gasteiger partial charge on any atom is -0.493 e. The van der Waals surface area contributed by atoms with Gasteiger partial charge in [-0.2, -0.15) is 0 Å². The summed E-state index contributed by atoms with van der Waals surface area (Å²) in [5.41, 5.74) is 0.220. The molecule has 0 unspecified atom stereocenters. The van der Waals surface area contributed by atoms with Gasteiger partial charge in [-0.1, -0.05) is 6.07 Å². The number of hydrogen-bond acceptors (Lipinski definition) is 4. The zero-order valence-electron chi connectivity index (χ0n) is 15.3. The fourth-order valence-electron chi connectivity index (χ4n) is 3.47. The average molecular weight is 381 g/mol. The van der Waals surface area contributed by atoms with Crippen LogP contribution in [0, 0.1) is 11.7 Å². The van der Waals surface area contributed by atoms with Gasteiger partial charge in [0.1, 0.15) is 22.8 Å². The van der Waals surface area contributed by atoms with Gasteiger partial charge in [0.25, 0.3) is 11.5 Å². The number of likely N-dealkylation sites (tertiary alicyclic amines) is 1. The minimum absolute atomic E-state index is 0.0730. The molecule has 3 heterocycles. The van der Waals surface area contributed by atoms with Crippen LogP contribution in [0.1, 0.15) is 23.2 Å². The lowest BCUT2D eigenvalue weighted by atomic mass is 9.98. The maximum absolute atomic E-state index is 13.0. The normalized spacial score (nSPS) is 16.9. The zero-order valence-corrected chi connectivity index (χ0v) is 15.3. The molecule has 3 aromatic rings. The van der Waals surface area contributed by atoms with Crippen LogP contribution >= 0.6 is 0 Å². The van der Waals surface area contributed by atoms with Crippen molar-refractivity contribution in [1.29, 1.82) is 0 Å². The van der Waals surface area contributed by atoms with Gasteiger partial charge < -0.3 is 9.64 Å². The molecule has 0 spiro atoms. The molecule has 0 bridgehead atoms. The highest BCUT2D eigenvalue weighted by atomic mass is 19.1. The highest BCUT2D eigenvalue weighted by Crippen LogP contribution is 2.20. The summed E-state index contributed by atoms with van der Waals surface area (Å²) >= 11 is 0. The van der Waals surface area contributed by atoms with Crippen LogP contribution in [0.25, 0.3) is 5.65 Å². The molecule has 1 amide bonds. The van der Waals surface area contributed by atoms with Crippen LogP contribution in [0.2, 0.25) is 0 Å². The van der Waals surface area contributed by atoms with E-state index in [0.717, 1.165) is 12.8 Å². The molecule has 0 radical (unpaired) electrons. The highest BCUT2D eigenvalue weighted by molar-refractivity contribution is 5.93. The predicted octanol–water partition coefficient (Wildman–Crippen LogP) is 2.76. The molecule has 0 saturated carbocycles. The van der Waals surface area contributed by atoms with E-state index in [1.165, 1.54) is 22.7 Å². The number of hydrogen-bond donors (Lipinski definition) is 0. The first-order valence-electron chi connectivity index (χ1n) is 9.26. The van der Waals surface area contributed by atoms with E-state index in [1.54, 1.807) is 41.4 Å². The summed E-state index contributed by atoms with van der Waals surface area (Å²) in [6.45, 7) is 1.55. The Labute approximate surface area is 161 Å². The fraction of sp³-hybridized carbons (Fsp3) is 0.286. The second-order valence-corrected chi connectivity index (χ2v) is 6.93. The van der Waals surface area contributed by atoms with Crippen molar-refractivity contribution in [3.8, 4) is 5.75 Å². The van der Waals surface area contributed by atoms with Gasteiger partial charge in [-0.15, -0.1) is 0 Å². The smallest absolute Gasteiger partial charge is 0.270 e. The van der Waals surface area contributed by atoms with Gasteiger partial charge in [0.2, 0.25) is 0 Å². The Kier molecular flexibility index (Phi) is 5.06. The van der Waals surface area contributed by atoms with Crippen molar-refractivity contribution in [2.75, 3.05) is 19.7 Å². The number of benzene rings is 1. The molecule has 1 saturated heterocycles. The van der Waals surface area contributed by atoms with Crippen LogP contribution in [0.5, 0.6) is 5.75 Å². The lowest BCUT2D eigenvalue weighted by Gasteiger charge is -2.32. The van der Waals surface area contributed by atoms with Crippen LogP contribution in [0.15, 0.2) is 59.7 Å². The van der Waals surface area contributed by atoms with E-state index in [4.69, 9.17) is 4.74 Å². The Morgan fingerprint density at radius 2 is 2.04 bits per heavy atom. The number of amides is 1. The van der Waals surface area contributed by atoms with Crippen molar-refractivity contribution in [1.82, 2.24) is 14.3 Å². The van der Waals surface area contributed by atoms with Gasteiger partial charge >= 0.3 is 0 Å². The van der Waals surface area contributed by atoms with Gasteiger partial charge in [-0.3, -0.25) is 14.0 Å². The number of halogens is 1. The van der Waals surface area contributed by atoms with Crippen molar-refractivity contribution in [2.45, 2.75) is 12.8 Å². The first kappa shape index (κ1) is 18.2. The Morgan fingerprint density at radius 1 is 1.21 bits per heavy atom. The van der Waals surface area contributed by atoms with Crippen LogP contribution in [0.3, 0.4) is 0 Å². The van der Waals surface area contributed by atoms with E-state index >= 15 is 0 Å². The molecule has 1 fully saturated rings. The third kappa shape index (κ3) is 3.74. The van der Waals surface area contributed by atoms with Crippen molar-refractivity contribution < 1.29 is 13.9 Å². The number of fused-ring (bicyclic) bond motifs is 1. The summed E-state index contributed by atoms with van der Waals surface area (Å²) in [6.07, 6.45) is 4.74. The maximum atomic E-state index is 13.0. The van der Waals surface area contributed by atoms with E-state index in [9.17, 15) is 14.0 Å². The molecule has 144 valence electrons. The molecule has 1 aliphatic heterocycles. The minimum atomic E-state index is -0.361. The quantitative estimate of drug-likeness (QED) is 0.697. The largest absolute Gasteiger partial charge is 0.493 e. The van der Waals surface area contributed by atoms with Crippen LogP contribution in [-0.2, 0) is 0 Å². The van der Waals surface area contributed by atoms with Gasteiger partial charge in [0, 0.05) is 31.4 Å². The van der Waals surface area contributed by atoms with Gasteiger partial charge in [-0.25, -0.2) is 9.37 Å². The third-order valence-corrected chi connectivity index (χ3v) is 4.95. The topological polar surface area (TPSA) is 63.9 Å². The monoisotopic (exact) mass is 381 g/mol. The molecule has 28 heavy (non-hydrogen) atoms. The van der Waals surface area contributed by atoms with Crippen molar-refractivity contribution >= 4 is 11.6 Å². The molecular weight excluding hydrogens is 361 g/mol. The summed E-state index contributed by atoms with van der Waals surface area (Å²) in [6, 6.07) is 11.1. The average Bonchev–Trinajstić information content (AvgIpc) is 2.74. The summed E-state index contributed by atoms with van der Waals surface area (Å²) in [5.74, 6) is 0.139. The second-order valence-electron chi connectivity index (χ2n) is 6.93. The molecule has 1 aliphatic rings. The van der Waals surface area contributed by atoms with E-state index in [2.05, 4.69) is 4.98 Å². The van der Waals surface area contributed by atoms with Crippen molar-refractivity contribution in [3.63, 3.8) is 0 Å². The number of aromatic nitrogens is 2. The molecule has 0 aliphatic carbocycles. The Balaban J connectivity index is 1.45. The molecule has 4 rings (SSSR count). The number of rotatable bonds is 4. The molecule has 1 atom stereocenters. The summed E-state index contributed by atoms with van der Waals surface area (Å²) < 4.78 is 20.1. The van der Waals surface area contributed by atoms with E-state index in [0.29, 0.717) is 31.1 Å². The van der Waals surface area contributed by atoms with Crippen LogP contribution in [-0.4, -0.2) is 39.9 Å². The van der Waals surface area contributed by atoms with Gasteiger partial charge in [0.05, 0.1) is 6.61 Å².